The first kappa shape index (κ1) is 27.9. The molecule has 0 amide bonds. The third-order valence-corrected chi connectivity index (χ3v) is 5.55. The van der Waals surface area contributed by atoms with Crippen molar-refractivity contribution in [3.8, 4) is 0 Å². The average Bonchev–Trinajstić information content (AvgIpc) is 2.70. The predicted molar refractivity (Wildman–Crippen MR) is 121 cm³/mol. The van der Waals surface area contributed by atoms with Gasteiger partial charge in [0.15, 0.2) is 0 Å². The Morgan fingerprint density at radius 2 is 0.897 bits per heavy atom. The molecule has 172 valence electrons. The lowest BCUT2D eigenvalue weighted by atomic mass is 10.0. The first-order valence-corrected chi connectivity index (χ1v) is 12.5. The Hall–Kier alpha value is -1.06. The van der Waals surface area contributed by atoms with E-state index in [4.69, 9.17) is 9.84 Å². The molecule has 0 radical (unpaired) electrons. The largest absolute Gasteiger partial charge is 0.481 e. The zero-order valence-corrected chi connectivity index (χ0v) is 19.2. The second kappa shape index (κ2) is 23.2. The van der Waals surface area contributed by atoms with Crippen LogP contribution in [0, 0.1) is 0 Å². The minimum atomic E-state index is -0.953. The Morgan fingerprint density at radius 1 is 0.552 bits per heavy atom. The van der Waals surface area contributed by atoms with Gasteiger partial charge in [0, 0.05) is 0 Å². The highest BCUT2D eigenvalue weighted by Crippen LogP contribution is 2.14. The Balaban J connectivity index is 3.08. The van der Waals surface area contributed by atoms with Crippen LogP contribution in [0.2, 0.25) is 0 Å². The molecule has 4 heteroatoms. The minimum Gasteiger partial charge on any atom is -0.481 e. The summed E-state index contributed by atoms with van der Waals surface area (Å²) in [6.45, 7) is 2.71. The fourth-order valence-corrected chi connectivity index (χ4v) is 3.65. The summed E-state index contributed by atoms with van der Waals surface area (Å²) in [7, 11) is 0. The van der Waals surface area contributed by atoms with Gasteiger partial charge in [-0.3, -0.25) is 9.59 Å². The van der Waals surface area contributed by atoms with Gasteiger partial charge in [0.1, 0.15) is 0 Å². The first-order chi connectivity index (χ1) is 14.2. The molecule has 0 aliphatic carbocycles. The fourth-order valence-electron chi connectivity index (χ4n) is 3.65. The monoisotopic (exact) mass is 412 g/mol. The van der Waals surface area contributed by atoms with Crippen molar-refractivity contribution in [2.75, 3.05) is 6.61 Å². The third-order valence-electron chi connectivity index (χ3n) is 5.55. The second-order valence-corrected chi connectivity index (χ2v) is 8.48. The van der Waals surface area contributed by atoms with Crippen molar-refractivity contribution in [1.29, 1.82) is 0 Å². The molecule has 0 rings (SSSR count). The molecule has 0 saturated carbocycles. The molecule has 0 unspecified atom stereocenters. The zero-order valence-electron chi connectivity index (χ0n) is 19.2. The normalized spacial score (nSPS) is 10.9. The molecule has 1 N–H and O–H groups in total. The van der Waals surface area contributed by atoms with Gasteiger partial charge in [-0.25, -0.2) is 0 Å². The lowest BCUT2D eigenvalue weighted by Crippen LogP contribution is -2.08. The van der Waals surface area contributed by atoms with E-state index in [2.05, 4.69) is 6.92 Å². The standard InChI is InChI=1S/C25H48O4/c1-2-3-4-5-6-7-8-9-10-11-12-13-14-15-16-17-18-19-20-23-29-25(28)22-21-24(26)27/h2-23H2,1H3,(H,26,27). The number of rotatable bonds is 23. The zero-order chi connectivity index (χ0) is 21.4. The predicted octanol–water partition coefficient (Wildman–Crippen LogP) is 7.83. The van der Waals surface area contributed by atoms with Crippen molar-refractivity contribution < 1.29 is 19.4 Å². The van der Waals surface area contributed by atoms with Gasteiger partial charge in [-0.05, 0) is 6.42 Å². The van der Waals surface area contributed by atoms with Crippen LogP contribution in [-0.2, 0) is 14.3 Å². The molecule has 0 aromatic rings. The lowest BCUT2D eigenvalue weighted by Gasteiger charge is -2.05. The number of carboxylic acid groups (broad SMARTS) is 1. The first-order valence-electron chi connectivity index (χ1n) is 12.5. The van der Waals surface area contributed by atoms with Gasteiger partial charge >= 0.3 is 11.9 Å². The maximum Gasteiger partial charge on any atom is 0.306 e. The summed E-state index contributed by atoms with van der Waals surface area (Å²) in [5.41, 5.74) is 0. The molecule has 0 spiro atoms. The SMILES string of the molecule is CCCCCCCCCCCCCCCCCCCCCOC(=O)CCC(=O)O. The van der Waals surface area contributed by atoms with Crippen LogP contribution in [0.3, 0.4) is 0 Å². The molecule has 0 atom stereocenters. The smallest absolute Gasteiger partial charge is 0.306 e. The van der Waals surface area contributed by atoms with Gasteiger partial charge < -0.3 is 9.84 Å². The van der Waals surface area contributed by atoms with Gasteiger partial charge in [-0.1, -0.05) is 122 Å². The van der Waals surface area contributed by atoms with Gasteiger partial charge in [0.05, 0.1) is 19.4 Å². The number of carbonyl (C=O) groups excluding carboxylic acids is 1. The van der Waals surface area contributed by atoms with Crippen LogP contribution in [-0.4, -0.2) is 23.7 Å². The molecule has 29 heavy (non-hydrogen) atoms. The Morgan fingerprint density at radius 3 is 1.24 bits per heavy atom. The number of hydrogen-bond acceptors (Lipinski definition) is 3. The molecule has 0 heterocycles. The summed E-state index contributed by atoms with van der Waals surface area (Å²) in [4.78, 5) is 21.6. The van der Waals surface area contributed by atoms with Crippen molar-refractivity contribution in [1.82, 2.24) is 0 Å². The molecule has 0 aliphatic rings. The van der Waals surface area contributed by atoms with Gasteiger partial charge in [0.25, 0.3) is 0 Å². The summed E-state index contributed by atoms with van der Waals surface area (Å²) in [6.07, 6.45) is 25.3. The van der Waals surface area contributed by atoms with E-state index in [1.165, 1.54) is 109 Å². The van der Waals surface area contributed by atoms with Crippen LogP contribution in [0.1, 0.15) is 142 Å². The van der Waals surface area contributed by atoms with E-state index in [0.717, 1.165) is 12.8 Å². The molecular formula is C25H48O4. The number of esters is 1. The summed E-state index contributed by atoms with van der Waals surface area (Å²) >= 11 is 0. The van der Waals surface area contributed by atoms with E-state index < -0.39 is 11.9 Å². The average molecular weight is 413 g/mol. The maximum absolute atomic E-state index is 11.3. The number of aliphatic carboxylic acids is 1. The van der Waals surface area contributed by atoms with Crippen molar-refractivity contribution in [3.05, 3.63) is 0 Å². The Bertz CT molecular complexity index is 368. The Kier molecular flexibility index (Phi) is 22.4. The minimum absolute atomic E-state index is 0.0194. The topological polar surface area (TPSA) is 63.6 Å². The quantitative estimate of drug-likeness (QED) is 0.137. The molecule has 0 aromatic carbocycles. The van der Waals surface area contributed by atoms with E-state index >= 15 is 0 Å². The van der Waals surface area contributed by atoms with Crippen LogP contribution >= 0.6 is 0 Å². The van der Waals surface area contributed by atoms with E-state index in [9.17, 15) is 9.59 Å². The van der Waals surface area contributed by atoms with Crippen LogP contribution in [0.15, 0.2) is 0 Å². The van der Waals surface area contributed by atoms with Gasteiger partial charge in [0.2, 0.25) is 0 Å². The molecule has 0 aromatic heterocycles. The lowest BCUT2D eigenvalue weighted by molar-refractivity contribution is -0.147. The van der Waals surface area contributed by atoms with Crippen molar-refractivity contribution in [2.45, 2.75) is 142 Å². The second-order valence-electron chi connectivity index (χ2n) is 8.48. The molecule has 0 aliphatic heterocycles. The highest BCUT2D eigenvalue weighted by Gasteiger charge is 2.05. The number of hydrogen-bond donors (Lipinski definition) is 1. The number of carboxylic acids is 1. The van der Waals surface area contributed by atoms with Crippen LogP contribution in [0.5, 0.6) is 0 Å². The van der Waals surface area contributed by atoms with Crippen LogP contribution in [0.25, 0.3) is 0 Å². The molecule has 0 saturated heterocycles. The van der Waals surface area contributed by atoms with Crippen LogP contribution < -0.4 is 0 Å². The summed E-state index contributed by atoms with van der Waals surface area (Å²) < 4.78 is 5.02. The summed E-state index contributed by atoms with van der Waals surface area (Å²) in [5.74, 6) is -1.35. The van der Waals surface area contributed by atoms with Crippen LogP contribution in [0.4, 0.5) is 0 Å². The van der Waals surface area contributed by atoms with Gasteiger partial charge in [-0.15, -0.1) is 0 Å². The Labute approximate surface area is 180 Å². The third kappa shape index (κ3) is 24.9. The van der Waals surface area contributed by atoms with E-state index in [-0.39, 0.29) is 12.8 Å². The highest BCUT2D eigenvalue weighted by molar-refractivity contribution is 5.76. The van der Waals surface area contributed by atoms with E-state index in [0.29, 0.717) is 6.61 Å². The summed E-state index contributed by atoms with van der Waals surface area (Å²) in [6, 6.07) is 0. The maximum atomic E-state index is 11.3. The van der Waals surface area contributed by atoms with E-state index in [1.807, 2.05) is 0 Å². The van der Waals surface area contributed by atoms with Crippen molar-refractivity contribution >= 4 is 11.9 Å². The highest BCUT2D eigenvalue weighted by atomic mass is 16.5. The van der Waals surface area contributed by atoms with Crippen molar-refractivity contribution in [2.24, 2.45) is 0 Å². The molecule has 0 bridgehead atoms. The van der Waals surface area contributed by atoms with Crippen molar-refractivity contribution in [3.63, 3.8) is 0 Å². The molecular weight excluding hydrogens is 364 g/mol. The van der Waals surface area contributed by atoms with Gasteiger partial charge in [-0.2, -0.15) is 0 Å². The fraction of sp³-hybridized carbons (Fsp3) is 0.920. The molecule has 0 fully saturated rings. The number of unbranched alkanes of at least 4 members (excludes halogenated alkanes) is 18. The molecule has 4 nitrogen and oxygen atoms in total. The van der Waals surface area contributed by atoms with E-state index in [1.54, 1.807) is 0 Å². The summed E-state index contributed by atoms with van der Waals surface area (Å²) in [5, 5.41) is 8.50. The number of ether oxygens (including phenoxy) is 1. The number of carbonyl (C=O) groups is 2.